The molecule has 4 nitrogen and oxygen atoms in total. The number of piperidine rings is 1. The zero-order valence-corrected chi connectivity index (χ0v) is 11.2. The molecule has 2 atom stereocenters. The van der Waals surface area contributed by atoms with Crippen molar-refractivity contribution in [2.45, 2.75) is 50.6 Å². The summed E-state index contributed by atoms with van der Waals surface area (Å²) in [6.45, 7) is 5.44. The van der Waals surface area contributed by atoms with Crippen molar-refractivity contribution < 1.29 is 4.79 Å². The van der Waals surface area contributed by atoms with Crippen LogP contribution in [-0.4, -0.2) is 60.5 Å². The monoisotopic (exact) mass is 251 g/mol. The summed E-state index contributed by atoms with van der Waals surface area (Å²) in [6, 6.07) is 0.751. The summed E-state index contributed by atoms with van der Waals surface area (Å²) in [5, 5.41) is 3.32. The number of carbonyl (C=O) groups excluding carboxylic acids is 1. The molecule has 3 rings (SSSR count). The van der Waals surface area contributed by atoms with E-state index >= 15 is 0 Å². The van der Waals surface area contributed by atoms with Crippen molar-refractivity contribution >= 4 is 5.91 Å². The lowest BCUT2D eigenvalue weighted by atomic mass is 10.1. The van der Waals surface area contributed by atoms with Crippen LogP contribution in [0.15, 0.2) is 0 Å². The van der Waals surface area contributed by atoms with E-state index in [4.69, 9.17) is 0 Å². The van der Waals surface area contributed by atoms with E-state index in [1.54, 1.807) is 0 Å². The highest BCUT2D eigenvalue weighted by molar-refractivity contribution is 5.82. The van der Waals surface area contributed by atoms with Crippen molar-refractivity contribution in [1.82, 2.24) is 15.1 Å². The molecule has 0 aromatic carbocycles. The maximum Gasteiger partial charge on any atom is 0.239 e. The van der Waals surface area contributed by atoms with Crippen molar-refractivity contribution in [1.29, 1.82) is 0 Å². The second kappa shape index (κ2) is 5.57. The molecule has 1 unspecified atom stereocenters. The van der Waals surface area contributed by atoms with Gasteiger partial charge in [-0.1, -0.05) is 6.42 Å². The number of hydrogen-bond donors (Lipinski definition) is 1. The first-order valence-electron chi connectivity index (χ1n) is 7.61. The van der Waals surface area contributed by atoms with E-state index < -0.39 is 0 Å². The minimum absolute atomic E-state index is 0.116. The Bertz CT molecular complexity index is 295. The van der Waals surface area contributed by atoms with Gasteiger partial charge in [0.15, 0.2) is 0 Å². The second-order valence-corrected chi connectivity index (χ2v) is 5.97. The minimum atomic E-state index is 0.116. The number of hydrogen-bond acceptors (Lipinski definition) is 3. The van der Waals surface area contributed by atoms with Gasteiger partial charge in [-0.15, -0.1) is 0 Å². The average molecular weight is 251 g/mol. The van der Waals surface area contributed by atoms with Crippen molar-refractivity contribution in [2.75, 3.05) is 32.7 Å². The number of carbonyl (C=O) groups is 1. The highest BCUT2D eigenvalue weighted by Gasteiger charge is 2.34. The zero-order chi connectivity index (χ0) is 12.4. The van der Waals surface area contributed by atoms with Gasteiger partial charge in [-0.3, -0.25) is 9.69 Å². The molecule has 3 aliphatic heterocycles. The van der Waals surface area contributed by atoms with Gasteiger partial charge >= 0.3 is 0 Å². The Balaban J connectivity index is 1.52. The molecular formula is C14H25N3O. The fraction of sp³-hybridized carbons (Fsp3) is 0.929. The maximum atomic E-state index is 12.3. The lowest BCUT2D eigenvalue weighted by Gasteiger charge is -2.32. The lowest BCUT2D eigenvalue weighted by Crippen LogP contribution is -2.45. The fourth-order valence-corrected chi connectivity index (χ4v) is 3.64. The summed E-state index contributed by atoms with van der Waals surface area (Å²) in [5.41, 5.74) is 0. The van der Waals surface area contributed by atoms with Gasteiger partial charge < -0.3 is 10.2 Å². The van der Waals surface area contributed by atoms with Crippen LogP contribution in [0, 0.1) is 0 Å². The van der Waals surface area contributed by atoms with Crippen molar-refractivity contribution in [3.8, 4) is 0 Å². The molecular weight excluding hydrogens is 226 g/mol. The molecule has 3 fully saturated rings. The van der Waals surface area contributed by atoms with Crippen LogP contribution in [0.5, 0.6) is 0 Å². The number of amides is 1. The number of likely N-dealkylation sites (tertiary alicyclic amines) is 2. The van der Waals surface area contributed by atoms with Crippen LogP contribution < -0.4 is 5.32 Å². The minimum Gasteiger partial charge on any atom is -0.340 e. The number of nitrogens with one attached hydrogen (secondary N) is 1. The SMILES string of the molecule is O=C([C@H]1CCCN1)N1CCC(N2CCCCC2)C1. The molecule has 18 heavy (non-hydrogen) atoms. The topological polar surface area (TPSA) is 35.6 Å². The van der Waals surface area contributed by atoms with E-state index in [0.29, 0.717) is 11.9 Å². The third-order valence-electron chi connectivity index (χ3n) is 4.74. The third-order valence-corrected chi connectivity index (χ3v) is 4.74. The molecule has 0 radical (unpaired) electrons. The van der Waals surface area contributed by atoms with Gasteiger partial charge in [0.25, 0.3) is 0 Å². The Morgan fingerprint density at radius 3 is 2.56 bits per heavy atom. The molecule has 0 aromatic heterocycles. The molecule has 3 aliphatic rings. The standard InChI is InChI=1S/C14H25N3O/c18-14(13-5-4-7-15-13)17-10-6-12(11-17)16-8-2-1-3-9-16/h12-13,15H,1-11H2/t12?,13-/m1/s1. The van der Waals surface area contributed by atoms with E-state index in [0.717, 1.165) is 32.5 Å². The smallest absolute Gasteiger partial charge is 0.239 e. The predicted octanol–water partition coefficient (Wildman–Crippen LogP) is 0.825. The largest absolute Gasteiger partial charge is 0.340 e. The summed E-state index contributed by atoms with van der Waals surface area (Å²) >= 11 is 0. The molecule has 1 amide bonds. The molecule has 102 valence electrons. The van der Waals surface area contributed by atoms with Gasteiger partial charge in [-0.05, 0) is 51.7 Å². The van der Waals surface area contributed by atoms with Crippen LogP contribution >= 0.6 is 0 Å². The average Bonchev–Trinajstić information content (AvgIpc) is 3.10. The Labute approximate surface area is 110 Å². The van der Waals surface area contributed by atoms with Crippen LogP contribution in [0.1, 0.15) is 38.5 Å². The van der Waals surface area contributed by atoms with E-state index in [1.165, 1.54) is 38.8 Å². The van der Waals surface area contributed by atoms with Gasteiger partial charge in [0, 0.05) is 19.1 Å². The summed E-state index contributed by atoms with van der Waals surface area (Å²) in [5.74, 6) is 0.354. The Morgan fingerprint density at radius 2 is 1.83 bits per heavy atom. The Hall–Kier alpha value is -0.610. The van der Waals surface area contributed by atoms with Gasteiger partial charge in [0.05, 0.1) is 6.04 Å². The molecule has 0 bridgehead atoms. The summed E-state index contributed by atoms with van der Waals surface area (Å²) in [6.07, 6.45) is 7.43. The van der Waals surface area contributed by atoms with Crippen LogP contribution in [0.4, 0.5) is 0 Å². The number of rotatable bonds is 2. The fourth-order valence-electron chi connectivity index (χ4n) is 3.64. The second-order valence-electron chi connectivity index (χ2n) is 5.97. The van der Waals surface area contributed by atoms with Crippen molar-refractivity contribution in [3.05, 3.63) is 0 Å². The van der Waals surface area contributed by atoms with Crippen LogP contribution in [0.25, 0.3) is 0 Å². The molecule has 3 heterocycles. The van der Waals surface area contributed by atoms with Crippen LogP contribution in [-0.2, 0) is 4.79 Å². The van der Waals surface area contributed by atoms with Gasteiger partial charge in [-0.25, -0.2) is 0 Å². The molecule has 0 saturated carbocycles. The highest BCUT2D eigenvalue weighted by atomic mass is 16.2. The van der Waals surface area contributed by atoms with Gasteiger partial charge in [0.2, 0.25) is 5.91 Å². The summed E-state index contributed by atoms with van der Waals surface area (Å²) < 4.78 is 0. The molecule has 0 spiro atoms. The first kappa shape index (κ1) is 12.4. The predicted molar refractivity (Wildman–Crippen MR) is 71.4 cm³/mol. The van der Waals surface area contributed by atoms with Crippen LogP contribution in [0.2, 0.25) is 0 Å². The quantitative estimate of drug-likeness (QED) is 0.789. The molecule has 4 heteroatoms. The maximum absolute atomic E-state index is 12.3. The molecule has 0 aromatic rings. The van der Waals surface area contributed by atoms with Crippen LogP contribution in [0.3, 0.4) is 0 Å². The first-order chi connectivity index (χ1) is 8.84. The summed E-state index contributed by atoms with van der Waals surface area (Å²) in [4.78, 5) is 17.0. The van der Waals surface area contributed by atoms with Gasteiger partial charge in [0.1, 0.15) is 0 Å². The normalized spacial score (nSPS) is 34.1. The first-order valence-corrected chi connectivity index (χ1v) is 7.61. The highest BCUT2D eigenvalue weighted by Crippen LogP contribution is 2.21. The Kier molecular flexibility index (Phi) is 3.85. The van der Waals surface area contributed by atoms with E-state index in [1.807, 2.05) is 0 Å². The van der Waals surface area contributed by atoms with E-state index in [9.17, 15) is 4.79 Å². The molecule has 3 saturated heterocycles. The summed E-state index contributed by atoms with van der Waals surface area (Å²) in [7, 11) is 0. The van der Waals surface area contributed by atoms with E-state index in [-0.39, 0.29) is 6.04 Å². The van der Waals surface area contributed by atoms with E-state index in [2.05, 4.69) is 15.1 Å². The third kappa shape index (κ3) is 2.54. The molecule has 1 N–H and O–H groups in total. The van der Waals surface area contributed by atoms with Gasteiger partial charge in [-0.2, -0.15) is 0 Å². The van der Waals surface area contributed by atoms with Crippen molar-refractivity contribution in [3.63, 3.8) is 0 Å². The number of nitrogens with zero attached hydrogens (tertiary/aromatic N) is 2. The zero-order valence-electron chi connectivity index (χ0n) is 11.2. The van der Waals surface area contributed by atoms with Crippen molar-refractivity contribution in [2.24, 2.45) is 0 Å². The Morgan fingerprint density at radius 1 is 1.00 bits per heavy atom. The molecule has 0 aliphatic carbocycles. The lowest BCUT2D eigenvalue weighted by molar-refractivity contribution is -0.132.